The second-order valence-electron chi connectivity index (χ2n) is 3.64. The van der Waals surface area contributed by atoms with Crippen molar-refractivity contribution in [3.63, 3.8) is 0 Å². The Kier molecular flexibility index (Phi) is 6.05. The summed E-state index contributed by atoms with van der Waals surface area (Å²) in [7, 11) is -3.62. The number of carbonyl (C=O) groups is 1. The molecule has 0 aromatic carbocycles. The molecule has 8 heteroatoms. The number of aromatic carboxylic acids is 1. The van der Waals surface area contributed by atoms with Crippen molar-refractivity contribution >= 4 is 39.1 Å². The van der Waals surface area contributed by atoms with Crippen LogP contribution in [-0.2, 0) is 10.0 Å². The molecule has 0 aliphatic rings. The van der Waals surface area contributed by atoms with E-state index in [1.54, 1.807) is 24.8 Å². The summed E-state index contributed by atoms with van der Waals surface area (Å²) in [6, 6.07) is 1.38. The van der Waals surface area contributed by atoms with Crippen LogP contribution in [0.3, 0.4) is 0 Å². The molecule has 1 heterocycles. The highest BCUT2D eigenvalue weighted by molar-refractivity contribution is 7.99. The lowest BCUT2D eigenvalue weighted by molar-refractivity contribution is 0.0701. The van der Waals surface area contributed by atoms with Gasteiger partial charge < -0.3 is 5.11 Å². The quantitative estimate of drug-likeness (QED) is 0.565. The van der Waals surface area contributed by atoms with Gasteiger partial charge in [0.05, 0.1) is 0 Å². The average molecular weight is 321 g/mol. The van der Waals surface area contributed by atoms with Crippen LogP contribution in [0.25, 0.3) is 0 Å². The van der Waals surface area contributed by atoms with Gasteiger partial charge in [-0.1, -0.05) is 6.08 Å². The molecular weight excluding hydrogens is 306 g/mol. The lowest BCUT2D eigenvalue weighted by atomic mass is 10.3. The minimum atomic E-state index is -3.62. The van der Waals surface area contributed by atoms with Gasteiger partial charge in [0.15, 0.2) is 0 Å². The Hall–Kier alpha value is -0.830. The van der Waals surface area contributed by atoms with E-state index >= 15 is 0 Å². The molecule has 0 unspecified atom stereocenters. The first-order valence-corrected chi connectivity index (χ1v) is 8.86. The fourth-order valence-corrected chi connectivity index (χ4v) is 4.45. The van der Waals surface area contributed by atoms with Crippen molar-refractivity contribution in [2.24, 2.45) is 0 Å². The molecule has 0 bridgehead atoms. The third-order valence-corrected chi connectivity index (χ3v) is 6.25. The Morgan fingerprint density at radius 3 is 2.84 bits per heavy atom. The van der Waals surface area contributed by atoms with Gasteiger partial charge in [0.25, 0.3) is 0 Å². The number of aryl methyl sites for hydroxylation is 1. The molecule has 19 heavy (non-hydrogen) atoms. The van der Waals surface area contributed by atoms with Crippen molar-refractivity contribution in [1.29, 1.82) is 0 Å². The number of nitrogens with one attached hydrogen (secondary N) is 1. The maximum absolute atomic E-state index is 11.9. The average Bonchev–Trinajstić information content (AvgIpc) is 2.72. The molecule has 5 nitrogen and oxygen atoms in total. The van der Waals surface area contributed by atoms with E-state index in [4.69, 9.17) is 5.11 Å². The van der Waals surface area contributed by atoms with E-state index in [1.165, 1.54) is 6.07 Å². The summed E-state index contributed by atoms with van der Waals surface area (Å²) in [6.45, 7) is 5.46. The van der Waals surface area contributed by atoms with Gasteiger partial charge in [-0.05, 0) is 18.6 Å². The van der Waals surface area contributed by atoms with Crippen molar-refractivity contribution in [2.45, 2.75) is 11.1 Å². The molecule has 0 radical (unpaired) electrons. The molecule has 1 aromatic heterocycles. The number of hydrogen-bond donors (Lipinski definition) is 2. The standard InChI is InChI=1S/C11H15NO4S3/c1-3-5-17-6-4-12-19(15,16)9-7-8(2)10(18-9)11(13)14/h3,7,12H,1,4-6H2,2H3,(H,13,14). The number of sulfonamides is 1. The number of carboxylic acid groups (broad SMARTS) is 1. The highest BCUT2D eigenvalue weighted by Gasteiger charge is 2.21. The molecule has 0 saturated carbocycles. The zero-order valence-corrected chi connectivity index (χ0v) is 12.8. The van der Waals surface area contributed by atoms with E-state index in [2.05, 4.69) is 11.3 Å². The molecule has 2 N–H and O–H groups in total. The van der Waals surface area contributed by atoms with Crippen LogP contribution >= 0.6 is 23.1 Å². The number of thiophene rings is 1. The molecule has 0 atom stereocenters. The molecule has 0 saturated heterocycles. The van der Waals surface area contributed by atoms with Crippen LogP contribution in [-0.4, -0.2) is 37.5 Å². The van der Waals surface area contributed by atoms with E-state index in [0.29, 0.717) is 17.9 Å². The molecule has 0 fully saturated rings. The van der Waals surface area contributed by atoms with E-state index in [0.717, 1.165) is 17.1 Å². The summed E-state index contributed by atoms with van der Waals surface area (Å²) >= 11 is 2.34. The topological polar surface area (TPSA) is 83.5 Å². The van der Waals surface area contributed by atoms with Crippen LogP contribution in [0.4, 0.5) is 0 Å². The van der Waals surface area contributed by atoms with Crippen molar-refractivity contribution in [3.8, 4) is 0 Å². The van der Waals surface area contributed by atoms with Crippen molar-refractivity contribution in [3.05, 3.63) is 29.2 Å². The Bertz CT molecular complexity index is 562. The number of hydrogen-bond acceptors (Lipinski definition) is 5. The summed E-state index contributed by atoms with van der Waals surface area (Å²) in [5.74, 6) is 0.301. The molecule has 0 amide bonds. The van der Waals surface area contributed by atoms with E-state index < -0.39 is 16.0 Å². The minimum Gasteiger partial charge on any atom is -0.477 e. The highest BCUT2D eigenvalue weighted by Crippen LogP contribution is 2.25. The summed E-state index contributed by atoms with van der Waals surface area (Å²) in [5.41, 5.74) is 0.457. The van der Waals surface area contributed by atoms with Gasteiger partial charge >= 0.3 is 5.97 Å². The SMILES string of the molecule is C=CCSCCNS(=O)(=O)c1cc(C)c(C(=O)O)s1. The van der Waals surface area contributed by atoms with Crippen molar-refractivity contribution in [1.82, 2.24) is 4.72 Å². The summed E-state index contributed by atoms with van der Waals surface area (Å²) in [6.07, 6.45) is 1.75. The Morgan fingerprint density at radius 2 is 2.32 bits per heavy atom. The third kappa shape index (κ3) is 4.64. The van der Waals surface area contributed by atoms with Gasteiger partial charge in [-0.15, -0.1) is 17.9 Å². The van der Waals surface area contributed by atoms with Gasteiger partial charge in [-0.25, -0.2) is 17.9 Å². The maximum atomic E-state index is 11.9. The van der Waals surface area contributed by atoms with Crippen LogP contribution in [0.15, 0.2) is 22.9 Å². The molecule has 1 rings (SSSR count). The van der Waals surface area contributed by atoms with Crippen LogP contribution < -0.4 is 4.72 Å². The predicted octanol–water partition coefficient (Wildman–Crippen LogP) is 1.95. The van der Waals surface area contributed by atoms with E-state index in [1.807, 2.05) is 0 Å². The number of thioether (sulfide) groups is 1. The van der Waals surface area contributed by atoms with Crippen LogP contribution in [0, 0.1) is 6.92 Å². The first-order chi connectivity index (χ1) is 8.88. The normalized spacial score (nSPS) is 11.4. The summed E-state index contributed by atoms with van der Waals surface area (Å²) < 4.78 is 26.3. The second kappa shape index (κ2) is 7.09. The molecular formula is C11H15NO4S3. The van der Waals surface area contributed by atoms with Gasteiger partial charge in [0.1, 0.15) is 9.09 Å². The van der Waals surface area contributed by atoms with E-state index in [-0.39, 0.29) is 9.09 Å². The Labute approximate surface area is 120 Å². The second-order valence-corrected chi connectivity index (χ2v) is 7.84. The fraction of sp³-hybridized carbons (Fsp3) is 0.364. The predicted molar refractivity (Wildman–Crippen MR) is 78.7 cm³/mol. The smallest absolute Gasteiger partial charge is 0.346 e. The molecule has 0 spiro atoms. The Morgan fingerprint density at radius 1 is 1.63 bits per heavy atom. The largest absolute Gasteiger partial charge is 0.477 e. The molecule has 0 aliphatic heterocycles. The van der Waals surface area contributed by atoms with Crippen LogP contribution in [0.5, 0.6) is 0 Å². The number of rotatable bonds is 8. The van der Waals surface area contributed by atoms with Gasteiger partial charge in [0.2, 0.25) is 10.0 Å². The summed E-state index contributed by atoms with van der Waals surface area (Å²) in [4.78, 5) is 10.9. The van der Waals surface area contributed by atoms with Crippen LogP contribution in [0.2, 0.25) is 0 Å². The summed E-state index contributed by atoms with van der Waals surface area (Å²) in [5, 5.41) is 8.90. The lowest BCUT2D eigenvalue weighted by Crippen LogP contribution is -2.25. The third-order valence-electron chi connectivity index (χ3n) is 2.13. The zero-order valence-electron chi connectivity index (χ0n) is 10.4. The maximum Gasteiger partial charge on any atom is 0.346 e. The number of carboxylic acids is 1. The monoisotopic (exact) mass is 321 g/mol. The van der Waals surface area contributed by atoms with Crippen molar-refractivity contribution in [2.75, 3.05) is 18.1 Å². The first kappa shape index (κ1) is 16.2. The van der Waals surface area contributed by atoms with Gasteiger partial charge in [0, 0.05) is 18.1 Å². The van der Waals surface area contributed by atoms with Crippen LogP contribution in [0.1, 0.15) is 15.2 Å². The lowest BCUT2D eigenvalue weighted by Gasteiger charge is -2.03. The highest BCUT2D eigenvalue weighted by atomic mass is 32.2. The zero-order chi connectivity index (χ0) is 14.5. The Balaban J connectivity index is 2.69. The van der Waals surface area contributed by atoms with E-state index in [9.17, 15) is 13.2 Å². The molecule has 106 valence electrons. The van der Waals surface area contributed by atoms with Crippen molar-refractivity contribution < 1.29 is 18.3 Å². The minimum absolute atomic E-state index is 0.0381. The molecule has 0 aliphatic carbocycles. The fourth-order valence-electron chi connectivity index (χ4n) is 1.28. The first-order valence-electron chi connectivity index (χ1n) is 5.40. The molecule has 1 aromatic rings. The van der Waals surface area contributed by atoms with Gasteiger partial charge in [-0.3, -0.25) is 0 Å². The van der Waals surface area contributed by atoms with Gasteiger partial charge in [-0.2, -0.15) is 11.8 Å².